The molecular formula is C16H26N2. The third kappa shape index (κ3) is 3.33. The van der Waals surface area contributed by atoms with Gasteiger partial charge in [0.2, 0.25) is 0 Å². The summed E-state index contributed by atoms with van der Waals surface area (Å²) in [6.45, 7) is 11.3. The molecule has 1 aromatic rings. The minimum Gasteiger partial charge on any atom is -0.315 e. The predicted molar refractivity (Wildman–Crippen MR) is 77.9 cm³/mol. The van der Waals surface area contributed by atoms with Crippen LogP contribution in [0.1, 0.15) is 36.5 Å². The SMILES string of the molecule is CCCN(Cc1ccc(C)c(C)c1)C1CCNC1. The van der Waals surface area contributed by atoms with Gasteiger partial charge in [-0.3, -0.25) is 4.90 Å². The van der Waals surface area contributed by atoms with E-state index in [1.807, 2.05) is 0 Å². The molecule has 0 aromatic heterocycles. The first-order chi connectivity index (χ1) is 8.70. The molecule has 2 heteroatoms. The van der Waals surface area contributed by atoms with Crippen LogP contribution in [0.5, 0.6) is 0 Å². The molecule has 1 unspecified atom stereocenters. The lowest BCUT2D eigenvalue weighted by atomic mass is 10.1. The molecular weight excluding hydrogens is 220 g/mol. The molecule has 2 nitrogen and oxygen atoms in total. The van der Waals surface area contributed by atoms with Gasteiger partial charge >= 0.3 is 0 Å². The van der Waals surface area contributed by atoms with Gasteiger partial charge in [-0.25, -0.2) is 0 Å². The second-order valence-electron chi connectivity index (χ2n) is 5.54. The van der Waals surface area contributed by atoms with E-state index >= 15 is 0 Å². The number of hydrogen-bond acceptors (Lipinski definition) is 2. The molecule has 100 valence electrons. The van der Waals surface area contributed by atoms with Gasteiger partial charge < -0.3 is 5.32 Å². The Morgan fingerprint density at radius 3 is 2.72 bits per heavy atom. The molecule has 1 aliphatic rings. The fourth-order valence-corrected chi connectivity index (χ4v) is 2.77. The van der Waals surface area contributed by atoms with E-state index in [-0.39, 0.29) is 0 Å². The summed E-state index contributed by atoms with van der Waals surface area (Å²) in [6, 6.07) is 7.61. The van der Waals surface area contributed by atoms with Gasteiger partial charge in [0.15, 0.2) is 0 Å². The van der Waals surface area contributed by atoms with Gasteiger partial charge in [-0.2, -0.15) is 0 Å². The van der Waals surface area contributed by atoms with Crippen molar-refractivity contribution in [2.75, 3.05) is 19.6 Å². The van der Waals surface area contributed by atoms with Crippen molar-refractivity contribution in [3.63, 3.8) is 0 Å². The van der Waals surface area contributed by atoms with Crippen molar-refractivity contribution in [2.24, 2.45) is 0 Å². The molecule has 1 aliphatic heterocycles. The highest BCUT2D eigenvalue weighted by Crippen LogP contribution is 2.16. The molecule has 1 atom stereocenters. The summed E-state index contributed by atoms with van der Waals surface area (Å²) in [5.74, 6) is 0. The van der Waals surface area contributed by atoms with E-state index in [0.717, 1.165) is 19.1 Å². The van der Waals surface area contributed by atoms with Gasteiger partial charge in [0.1, 0.15) is 0 Å². The molecule has 1 saturated heterocycles. The number of hydrogen-bond donors (Lipinski definition) is 1. The first-order valence-electron chi connectivity index (χ1n) is 7.21. The van der Waals surface area contributed by atoms with Crippen LogP contribution in [0, 0.1) is 13.8 Å². The van der Waals surface area contributed by atoms with Crippen molar-refractivity contribution in [3.05, 3.63) is 34.9 Å². The van der Waals surface area contributed by atoms with Gasteiger partial charge in [-0.15, -0.1) is 0 Å². The van der Waals surface area contributed by atoms with E-state index < -0.39 is 0 Å². The van der Waals surface area contributed by atoms with Crippen LogP contribution in [-0.2, 0) is 6.54 Å². The summed E-state index contributed by atoms with van der Waals surface area (Å²) < 4.78 is 0. The Balaban J connectivity index is 2.04. The highest BCUT2D eigenvalue weighted by molar-refractivity contribution is 5.29. The van der Waals surface area contributed by atoms with E-state index in [4.69, 9.17) is 0 Å². The molecule has 18 heavy (non-hydrogen) atoms. The van der Waals surface area contributed by atoms with Crippen LogP contribution in [-0.4, -0.2) is 30.6 Å². The summed E-state index contributed by atoms with van der Waals surface area (Å²) in [7, 11) is 0. The highest BCUT2D eigenvalue weighted by atomic mass is 15.2. The Kier molecular flexibility index (Phi) is 4.79. The minimum atomic E-state index is 0.728. The van der Waals surface area contributed by atoms with Gasteiger partial charge in [0.25, 0.3) is 0 Å². The molecule has 1 fully saturated rings. The van der Waals surface area contributed by atoms with Gasteiger partial charge in [-0.05, 0) is 56.5 Å². The topological polar surface area (TPSA) is 15.3 Å². The van der Waals surface area contributed by atoms with Crippen molar-refractivity contribution in [1.29, 1.82) is 0 Å². The molecule has 0 radical (unpaired) electrons. The number of nitrogens with one attached hydrogen (secondary N) is 1. The van der Waals surface area contributed by atoms with Crippen LogP contribution >= 0.6 is 0 Å². The fraction of sp³-hybridized carbons (Fsp3) is 0.625. The number of benzene rings is 1. The molecule has 0 amide bonds. The normalized spacial score (nSPS) is 19.7. The van der Waals surface area contributed by atoms with Gasteiger partial charge in [0, 0.05) is 19.1 Å². The Morgan fingerprint density at radius 1 is 1.28 bits per heavy atom. The number of rotatable bonds is 5. The van der Waals surface area contributed by atoms with Crippen LogP contribution in [0.2, 0.25) is 0 Å². The Bertz CT molecular complexity index is 381. The second-order valence-corrected chi connectivity index (χ2v) is 5.54. The van der Waals surface area contributed by atoms with Crippen molar-refractivity contribution in [1.82, 2.24) is 10.2 Å². The molecule has 0 spiro atoms. The summed E-state index contributed by atoms with van der Waals surface area (Å²) in [6.07, 6.45) is 2.53. The predicted octanol–water partition coefficient (Wildman–Crippen LogP) is 2.88. The van der Waals surface area contributed by atoms with E-state index in [1.54, 1.807) is 0 Å². The van der Waals surface area contributed by atoms with E-state index in [0.29, 0.717) is 0 Å². The number of aryl methyl sites for hydroxylation is 2. The zero-order valence-electron chi connectivity index (χ0n) is 12.0. The summed E-state index contributed by atoms with van der Waals surface area (Å²) in [4.78, 5) is 2.64. The second kappa shape index (κ2) is 6.35. The monoisotopic (exact) mass is 246 g/mol. The molecule has 0 bridgehead atoms. The molecule has 0 saturated carbocycles. The van der Waals surface area contributed by atoms with Crippen molar-refractivity contribution in [3.8, 4) is 0 Å². The summed E-state index contributed by atoms with van der Waals surface area (Å²) in [5.41, 5.74) is 4.26. The highest BCUT2D eigenvalue weighted by Gasteiger charge is 2.21. The minimum absolute atomic E-state index is 0.728. The maximum absolute atomic E-state index is 3.48. The lowest BCUT2D eigenvalue weighted by Crippen LogP contribution is -2.36. The quantitative estimate of drug-likeness (QED) is 0.859. The van der Waals surface area contributed by atoms with Crippen LogP contribution < -0.4 is 5.32 Å². The molecule has 1 heterocycles. The zero-order valence-corrected chi connectivity index (χ0v) is 12.0. The van der Waals surface area contributed by atoms with Crippen molar-refractivity contribution < 1.29 is 0 Å². The Morgan fingerprint density at radius 2 is 2.11 bits per heavy atom. The Hall–Kier alpha value is -0.860. The molecule has 0 aliphatic carbocycles. The third-order valence-corrected chi connectivity index (χ3v) is 4.02. The lowest BCUT2D eigenvalue weighted by Gasteiger charge is -2.28. The van der Waals surface area contributed by atoms with Crippen molar-refractivity contribution >= 4 is 0 Å². The number of nitrogens with zero attached hydrogens (tertiary/aromatic N) is 1. The lowest BCUT2D eigenvalue weighted by molar-refractivity contribution is 0.199. The van der Waals surface area contributed by atoms with E-state index in [1.165, 1.54) is 42.6 Å². The first-order valence-corrected chi connectivity index (χ1v) is 7.21. The van der Waals surface area contributed by atoms with Crippen molar-refractivity contribution in [2.45, 2.75) is 46.2 Å². The fourth-order valence-electron chi connectivity index (χ4n) is 2.77. The summed E-state index contributed by atoms with van der Waals surface area (Å²) >= 11 is 0. The van der Waals surface area contributed by atoms with Crippen LogP contribution in [0.3, 0.4) is 0 Å². The molecule has 2 rings (SSSR count). The van der Waals surface area contributed by atoms with Crippen LogP contribution in [0.15, 0.2) is 18.2 Å². The largest absolute Gasteiger partial charge is 0.315 e. The average Bonchev–Trinajstić information content (AvgIpc) is 2.87. The van der Waals surface area contributed by atoms with Crippen LogP contribution in [0.4, 0.5) is 0 Å². The summed E-state index contributed by atoms with van der Waals surface area (Å²) in [5, 5.41) is 3.48. The van der Waals surface area contributed by atoms with Crippen LogP contribution in [0.25, 0.3) is 0 Å². The van der Waals surface area contributed by atoms with Gasteiger partial charge in [0.05, 0.1) is 0 Å². The first kappa shape index (κ1) is 13.6. The maximum Gasteiger partial charge on any atom is 0.0237 e. The average molecular weight is 246 g/mol. The maximum atomic E-state index is 3.48. The molecule has 1 N–H and O–H groups in total. The van der Waals surface area contributed by atoms with Gasteiger partial charge in [-0.1, -0.05) is 25.1 Å². The zero-order chi connectivity index (χ0) is 13.0. The molecule has 1 aromatic carbocycles. The smallest absolute Gasteiger partial charge is 0.0237 e. The van der Waals surface area contributed by atoms with E-state index in [2.05, 4.69) is 49.2 Å². The van der Waals surface area contributed by atoms with E-state index in [9.17, 15) is 0 Å². The standard InChI is InChI=1S/C16H26N2/c1-4-9-18(16-7-8-17-11-16)12-15-6-5-13(2)14(3)10-15/h5-6,10,16-17H,4,7-9,11-12H2,1-3H3. The third-order valence-electron chi connectivity index (χ3n) is 4.02. The Labute approximate surface area is 111 Å².